The Kier molecular flexibility index (Phi) is 3.94. The third-order valence-corrected chi connectivity index (χ3v) is 2.39. The van der Waals surface area contributed by atoms with Gasteiger partial charge in [-0.15, -0.1) is 0 Å². The molecule has 3 N–H and O–H groups in total. The standard InChI is InChI=1S/C11H18N2O2/c1-7-5-10(15-4)8(11(12)13-2)6-9(7)14-3/h5-6,11,13H,12H2,1-4H3. The highest BCUT2D eigenvalue weighted by Gasteiger charge is 2.13. The number of ether oxygens (including phenoxy) is 2. The summed E-state index contributed by atoms with van der Waals surface area (Å²) in [6, 6.07) is 3.82. The Balaban J connectivity index is 3.22. The summed E-state index contributed by atoms with van der Waals surface area (Å²) >= 11 is 0. The molecule has 4 heteroatoms. The molecular formula is C11H18N2O2. The van der Waals surface area contributed by atoms with Crippen LogP contribution >= 0.6 is 0 Å². The van der Waals surface area contributed by atoms with Gasteiger partial charge < -0.3 is 20.5 Å². The summed E-state index contributed by atoms with van der Waals surface area (Å²) in [5.41, 5.74) is 7.82. The fourth-order valence-electron chi connectivity index (χ4n) is 1.47. The van der Waals surface area contributed by atoms with Crippen LogP contribution in [-0.2, 0) is 0 Å². The lowest BCUT2D eigenvalue weighted by atomic mass is 10.1. The zero-order valence-electron chi connectivity index (χ0n) is 9.63. The smallest absolute Gasteiger partial charge is 0.125 e. The zero-order valence-corrected chi connectivity index (χ0v) is 9.63. The van der Waals surface area contributed by atoms with Gasteiger partial charge in [0, 0.05) is 5.56 Å². The van der Waals surface area contributed by atoms with Gasteiger partial charge in [0.05, 0.1) is 20.4 Å². The predicted molar refractivity (Wildman–Crippen MR) is 60.3 cm³/mol. The van der Waals surface area contributed by atoms with Gasteiger partial charge in [-0.2, -0.15) is 0 Å². The van der Waals surface area contributed by atoms with E-state index in [0.717, 1.165) is 22.6 Å². The molecule has 0 aliphatic rings. The van der Waals surface area contributed by atoms with Crippen LogP contribution in [0.15, 0.2) is 12.1 Å². The number of benzene rings is 1. The van der Waals surface area contributed by atoms with E-state index < -0.39 is 0 Å². The molecule has 0 radical (unpaired) electrons. The van der Waals surface area contributed by atoms with Crippen molar-refractivity contribution in [1.82, 2.24) is 5.32 Å². The fraction of sp³-hybridized carbons (Fsp3) is 0.455. The molecule has 1 aromatic rings. The van der Waals surface area contributed by atoms with E-state index in [2.05, 4.69) is 5.32 Å². The van der Waals surface area contributed by atoms with Crippen molar-refractivity contribution in [2.24, 2.45) is 5.73 Å². The van der Waals surface area contributed by atoms with Crippen LogP contribution in [0, 0.1) is 6.92 Å². The Morgan fingerprint density at radius 2 is 1.80 bits per heavy atom. The highest BCUT2D eigenvalue weighted by molar-refractivity contribution is 5.47. The van der Waals surface area contributed by atoms with Crippen molar-refractivity contribution in [3.63, 3.8) is 0 Å². The van der Waals surface area contributed by atoms with E-state index in [9.17, 15) is 0 Å². The summed E-state index contributed by atoms with van der Waals surface area (Å²) in [5, 5.41) is 2.97. The van der Waals surface area contributed by atoms with Gasteiger partial charge in [-0.3, -0.25) is 0 Å². The first-order valence-electron chi connectivity index (χ1n) is 4.79. The molecule has 15 heavy (non-hydrogen) atoms. The van der Waals surface area contributed by atoms with E-state index in [0.29, 0.717) is 0 Å². The summed E-state index contributed by atoms with van der Waals surface area (Å²) in [6.45, 7) is 1.97. The SMILES string of the molecule is CNC(N)c1cc(OC)c(C)cc1OC. The summed E-state index contributed by atoms with van der Waals surface area (Å²) in [4.78, 5) is 0. The summed E-state index contributed by atoms with van der Waals surface area (Å²) in [7, 11) is 5.08. The Morgan fingerprint density at radius 1 is 1.20 bits per heavy atom. The van der Waals surface area contributed by atoms with E-state index in [1.807, 2.05) is 19.1 Å². The van der Waals surface area contributed by atoms with Crippen molar-refractivity contribution in [2.45, 2.75) is 13.1 Å². The highest BCUT2D eigenvalue weighted by Crippen LogP contribution is 2.30. The molecule has 0 aromatic heterocycles. The fourth-order valence-corrected chi connectivity index (χ4v) is 1.47. The van der Waals surface area contributed by atoms with Crippen molar-refractivity contribution < 1.29 is 9.47 Å². The lowest BCUT2D eigenvalue weighted by Gasteiger charge is -2.17. The maximum absolute atomic E-state index is 5.90. The first-order chi connectivity index (χ1) is 7.13. The molecular weight excluding hydrogens is 192 g/mol. The predicted octanol–water partition coefficient (Wildman–Crippen LogP) is 1.19. The van der Waals surface area contributed by atoms with Gasteiger partial charge in [-0.05, 0) is 31.7 Å². The number of hydrogen-bond acceptors (Lipinski definition) is 4. The average Bonchev–Trinajstić information content (AvgIpc) is 2.27. The van der Waals surface area contributed by atoms with E-state index in [4.69, 9.17) is 15.2 Å². The summed E-state index contributed by atoms with van der Waals surface area (Å²) in [6.07, 6.45) is -0.255. The van der Waals surface area contributed by atoms with Gasteiger partial charge >= 0.3 is 0 Å². The molecule has 0 spiro atoms. The van der Waals surface area contributed by atoms with Crippen LogP contribution in [0.25, 0.3) is 0 Å². The van der Waals surface area contributed by atoms with Crippen LogP contribution in [0.3, 0.4) is 0 Å². The first-order valence-corrected chi connectivity index (χ1v) is 4.79. The molecule has 0 heterocycles. The minimum absolute atomic E-state index is 0.255. The maximum Gasteiger partial charge on any atom is 0.125 e. The van der Waals surface area contributed by atoms with Crippen LogP contribution in [-0.4, -0.2) is 21.3 Å². The van der Waals surface area contributed by atoms with Gasteiger partial charge in [0.2, 0.25) is 0 Å². The van der Waals surface area contributed by atoms with Crippen LogP contribution < -0.4 is 20.5 Å². The van der Waals surface area contributed by atoms with Crippen LogP contribution in [0.2, 0.25) is 0 Å². The van der Waals surface area contributed by atoms with E-state index in [1.54, 1.807) is 21.3 Å². The third-order valence-electron chi connectivity index (χ3n) is 2.39. The Bertz CT molecular complexity index is 340. The second-order valence-electron chi connectivity index (χ2n) is 3.33. The Morgan fingerprint density at radius 3 is 2.27 bits per heavy atom. The van der Waals surface area contributed by atoms with Crippen LogP contribution in [0.4, 0.5) is 0 Å². The number of rotatable bonds is 4. The molecule has 0 fully saturated rings. The van der Waals surface area contributed by atoms with Gasteiger partial charge in [0.15, 0.2) is 0 Å². The maximum atomic E-state index is 5.90. The molecule has 0 amide bonds. The molecule has 0 saturated heterocycles. The molecule has 1 rings (SSSR count). The largest absolute Gasteiger partial charge is 0.496 e. The van der Waals surface area contributed by atoms with Gasteiger partial charge in [0.25, 0.3) is 0 Å². The summed E-state index contributed by atoms with van der Waals surface area (Å²) < 4.78 is 10.5. The average molecular weight is 210 g/mol. The van der Waals surface area contributed by atoms with Gasteiger partial charge in [-0.25, -0.2) is 0 Å². The second-order valence-corrected chi connectivity index (χ2v) is 3.33. The van der Waals surface area contributed by atoms with Gasteiger partial charge in [0.1, 0.15) is 11.5 Å². The van der Waals surface area contributed by atoms with Crippen molar-refractivity contribution in [3.05, 3.63) is 23.3 Å². The van der Waals surface area contributed by atoms with E-state index in [-0.39, 0.29) is 6.17 Å². The zero-order chi connectivity index (χ0) is 11.4. The minimum atomic E-state index is -0.255. The lowest BCUT2D eigenvalue weighted by Crippen LogP contribution is -2.25. The molecule has 1 atom stereocenters. The van der Waals surface area contributed by atoms with E-state index in [1.165, 1.54) is 0 Å². The highest BCUT2D eigenvalue weighted by atomic mass is 16.5. The number of aryl methyl sites for hydroxylation is 1. The third kappa shape index (κ3) is 2.40. The number of methoxy groups -OCH3 is 2. The molecule has 4 nitrogen and oxygen atoms in total. The Hall–Kier alpha value is -1.26. The van der Waals surface area contributed by atoms with Gasteiger partial charge in [-0.1, -0.05) is 0 Å². The van der Waals surface area contributed by atoms with Crippen molar-refractivity contribution in [1.29, 1.82) is 0 Å². The minimum Gasteiger partial charge on any atom is -0.496 e. The molecule has 0 aliphatic heterocycles. The molecule has 1 aromatic carbocycles. The molecule has 0 bridgehead atoms. The summed E-state index contributed by atoms with van der Waals surface area (Å²) in [5.74, 6) is 1.59. The number of nitrogens with one attached hydrogen (secondary N) is 1. The van der Waals surface area contributed by atoms with Crippen molar-refractivity contribution >= 4 is 0 Å². The topological polar surface area (TPSA) is 56.5 Å². The van der Waals surface area contributed by atoms with Crippen LogP contribution in [0.1, 0.15) is 17.3 Å². The molecule has 1 unspecified atom stereocenters. The number of hydrogen-bond donors (Lipinski definition) is 2. The quantitative estimate of drug-likeness (QED) is 0.733. The Labute approximate surface area is 90.4 Å². The van der Waals surface area contributed by atoms with Crippen molar-refractivity contribution in [3.8, 4) is 11.5 Å². The lowest BCUT2D eigenvalue weighted by molar-refractivity contribution is 0.390. The molecule has 84 valence electrons. The second kappa shape index (κ2) is 5.00. The molecule has 0 saturated carbocycles. The number of nitrogens with two attached hydrogens (primary N) is 1. The molecule has 0 aliphatic carbocycles. The monoisotopic (exact) mass is 210 g/mol. The normalized spacial score (nSPS) is 12.3. The van der Waals surface area contributed by atoms with Crippen molar-refractivity contribution in [2.75, 3.05) is 21.3 Å². The van der Waals surface area contributed by atoms with E-state index >= 15 is 0 Å². The van der Waals surface area contributed by atoms with Crippen LogP contribution in [0.5, 0.6) is 11.5 Å². The first kappa shape index (κ1) is 11.8.